The number of aryl methyl sites for hydroxylation is 1. The van der Waals surface area contributed by atoms with Crippen LogP contribution in [-0.2, 0) is 0 Å². The van der Waals surface area contributed by atoms with E-state index in [-0.39, 0.29) is 5.75 Å². The van der Waals surface area contributed by atoms with Gasteiger partial charge in [-0.1, -0.05) is 18.2 Å². The molecule has 0 unspecified atom stereocenters. The molecule has 0 bridgehead atoms. The van der Waals surface area contributed by atoms with Gasteiger partial charge in [0.1, 0.15) is 10.8 Å². The quantitative estimate of drug-likeness (QED) is 0.767. The molecule has 0 atom stereocenters. The molecule has 0 radical (unpaired) electrons. The monoisotopic (exact) mass is 268 g/mol. The van der Waals surface area contributed by atoms with Gasteiger partial charge in [-0.05, 0) is 31.2 Å². The summed E-state index contributed by atoms with van der Waals surface area (Å²) < 4.78 is 0. The van der Waals surface area contributed by atoms with E-state index in [1.54, 1.807) is 29.7 Å². The number of pyridine rings is 1. The van der Waals surface area contributed by atoms with E-state index in [2.05, 4.69) is 9.97 Å². The summed E-state index contributed by atoms with van der Waals surface area (Å²) in [6, 6.07) is 13.0. The molecule has 0 saturated carbocycles. The van der Waals surface area contributed by atoms with E-state index in [1.165, 1.54) is 0 Å². The molecule has 0 saturated heterocycles. The smallest absolute Gasteiger partial charge is 0.142 e. The molecule has 0 aliphatic rings. The first-order valence-corrected chi connectivity index (χ1v) is 6.74. The third-order valence-corrected chi connectivity index (χ3v) is 3.83. The van der Waals surface area contributed by atoms with Crippen LogP contribution in [0, 0.1) is 6.92 Å². The van der Waals surface area contributed by atoms with Crippen molar-refractivity contribution in [2.24, 2.45) is 0 Å². The number of hydrogen-bond acceptors (Lipinski definition) is 4. The van der Waals surface area contributed by atoms with E-state index in [0.717, 1.165) is 26.8 Å². The van der Waals surface area contributed by atoms with E-state index in [1.807, 2.05) is 37.3 Å². The molecule has 2 heterocycles. The van der Waals surface area contributed by atoms with Crippen molar-refractivity contribution in [3.05, 3.63) is 53.5 Å². The van der Waals surface area contributed by atoms with Crippen LogP contribution in [0.25, 0.3) is 22.0 Å². The summed E-state index contributed by atoms with van der Waals surface area (Å²) in [5, 5.41) is 10.8. The fraction of sp³-hybridized carbons (Fsp3) is 0.0667. The Morgan fingerprint density at radius 3 is 2.58 bits per heavy atom. The highest BCUT2D eigenvalue weighted by Crippen LogP contribution is 2.36. The number of phenols is 1. The Hall–Kier alpha value is -2.20. The minimum Gasteiger partial charge on any atom is -0.507 e. The number of rotatable bonds is 2. The van der Waals surface area contributed by atoms with Gasteiger partial charge in [0.2, 0.25) is 0 Å². The first-order valence-electron chi connectivity index (χ1n) is 5.93. The highest BCUT2D eigenvalue weighted by molar-refractivity contribution is 7.15. The fourth-order valence-corrected chi connectivity index (χ4v) is 2.82. The molecule has 0 aliphatic carbocycles. The highest BCUT2D eigenvalue weighted by Gasteiger charge is 2.14. The number of benzene rings is 1. The average molecular weight is 268 g/mol. The largest absolute Gasteiger partial charge is 0.507 e. The molecule has 19 heavy (non-hydrogen) atoms. The third-order valence-electron chi connectivity index (χ3n) is 2.84. The summed E-state index contributed by atoms with van der Waals surface area (Å²) in [7, 11) is 0. The van der Waals surface area contributed by atoms with Crippen LogP contribution in [0.15, 0.2) is 48.7 Å². The normalized spacial score (nSPS) is 10.6. The Bertz CT molecular complexity index is 707. The second-order valence-corrected chi connectivity index (χ2v) is 5.36. The first-order chi connectivity index (χ1) is 9.25. The van der Waals surface area contributed by atoms with Crippen LogP contribution < -0.4 is 0 Å². The number of hydrogen-bond donors (Lipinski definition) is 1. The number of para-hydroxylation sites is 1. The van der Waals surface area contributed by atoms with Gasteiger partial charge in [0, 0.05) is 16.6 Å². The lowest BCUT2D eigenvalue weighted by atomic mass is 10.1. The van der Waals surface area contributed by atoms with Gasteiger partial charge in [0.15, 0.2) is 0 Å². The van der Waals surface area contributed by atoms with Crippen molar-refractivity contribution in [3.8, 4) is 27.7 Å². The zero-order valence-corrected chi connectivity index (χ0v) is 11.2. The first kappa shape index (κ1) is 11.9. The maximum Gasteiger partial charge on any atom is 0.142 e. The average Bonchev–Trinajstić information content (AvgIpc) is 2.82. The molecule has 0 amide bonds. The SMILES string of the molecule is Cc1sc(-c2ccccn2)nc1-c1ccccc1O. The lowest BCUT2D eigenvalue weighted by molar-refractivity contribution is 0.477. The molecule has 0 aliphatic heterocycles. The lowest BCUT2D eigenvalue weighted by Gasteiger charge is -2.01. The van der Waals surface area contributed by atoms with Crippen molar-refractivity contribution in [2.75, 3.05) is 0 Å². The van der Waals surface area contributed by atoms with Gasteiger partial charge in [-0.2, -0.15) is 0 Å². The molecule has 3 aromatic rings. The Balaban J connectivity index is 2.11. The van der Waals surface area contributed by atoms with Crippen LogP contribution in [0.1, 0.15) is 4.88 Å². The number of aromatic hydroxyl groups is 1. The van der Waals surface area contributed by atoms with E-state index in [0.29, 0.717) is 0 Å². The van der Waals surface area contributed by atoms with Crippen molar-refractivity contribution in [1.82, 2.24) is 9.97 Å². The topological polar surface area (TPSA) is 46.0 Å². The zero-order valence-electron chi connectivity index (χ0n) is 10.4. The Labute approximate surface area is 115 Å². The second-order valence-electron chi connectivity index (χ2n) is 4.16. The molecular weight excluding hydrogens is 256 g/mol. The fourth-order valence-electron chi connectivity index (χ4n) is 1.92. The van der Waals surface area contributed by atoms with Crippen LogP contribution in [0.5, 0.6) is 5.75 Å². The predicted molar refractivity (Wildman–Crippen MR) is 77.2 cm³/mol. The second kappa shape index (κ2) is 4.82. The summed E-state index contributed by atoms with van der Waals surface area (Å²) >= 11 is 1.59. The van der Waals surface area contributed by atoms with Gasteiger partial charge >= 0.3 is 0 Å². The Kier molecular flexibility index (Phi) is 3.01. The van der Waals surface area contributed by atoms with Gasteiger partial charge in [-0.3, -0.25) is 4.98 Å². The minimum atomic E-state index is 0.253. The van der Waals surface area contributed by atoms with Crippen molar-refractivity contribution in [2.45, 2.75) is 6.92 Å². The van der Waals surface area contributed by atoms with E-state index in [9.17, 15) is 5.11 Å². The summed E-state index contributed by atoms with van der Waals surface area (Å²) in [5.74, 6) is 0.253. The molecule has 1 N–H and O–H groups in total. The van der Waals surface area contributed by atoms with Gasteiger partial charge < -0.3 is 5.11 Å². The van der Waals surface area contributed by atoms with Crippen molar-refractivity contribution < 1.29 is 5.11 Å². The van der Waals surface area contributed by atoms with E-state index < -0.39 is 0 Å². The Morgan fingerprint density at radius 1 is 1.05 bits per heavy atom. The van der Waals surface area contributed by atoms with Gasteiger partial charge in [0.05, 0.1) is 11.4 Å². The summed E-state index contributed by atoms with van der Waals surface area (Å²) in [6.07, 6.45) is 1.76. The molecule has 0 spiro atoms. The predicted octanol–water partition coefficient (Wildman–Crippen LogP) is 3.89. The van der Waals surface area contributed by atoms with Gasteiger partial charge in [-0.15, -0.1) is 11.3 Å². The molecule has 4 heteroatoms. The molecular formula is C15H12N2OS. The van der Waals surface area contributed by atoms with Crippen molar-refractivity contribution >= 4 is 11.3 Å². The Morgan fingerprint density at radius 2 is 1.84 bits per heavy atom. The highest BCUT2D eigenvalue weighted by atomic mass is 32.1. The molecule has 3 rings (SSSR count). The summed E-state index contributed by atoms with van der Waals surface area (Å²) in [5.41, 5.74) is 2.44. The lowest BCUT2D eigenvalue weighted by Crippen LogP contribution is -1.83. The molecule has 94 valence electrons. The summed E-state index contributed by atoms with van der Waals surface area (Å²) in [4.78, 5) is 9.98. The van der Waals surface area contributed by atoms with Crippen LogP contribution in [0.4, 0.5) is 0 Å². The number of aromatic nitrogens is 2. The molecule has 2 aromatic heterocycles. The molecule has 1 aromatic carbocycles. The molecule has 0 fully saturated rings. The van der Waals surface area contributed by atoms with Gasteiger partial charge in [0.25, 0.3) is 0 Å². The number of phenolic OH excluding ortho intramolecular Hbond substituents is 1. The van der Waals surface area contributed by atoms with Crippen LogP contribution in [0.2, 0.25) is 0 Å². The number of thiazole rings is 1. The third kappa shape index (κ3) is 2.22. The summed E-state index contributed by atoms with van der Waals surface area (Å²) in [6.45, 7) is 2.01. The number of nitrogens with zero attached hydrogens (tertiary/aromatic N) is 2. The van der Waals surface area contributed by atoms with Crippen LogP contribution >= 0.6 is 11.3 Å². The minimum absolute atomic E-state index is 0.253. The molecule has 3 nitrogen and oxygen atoms in total. The van der Waals surface area contributed by atoms with Gasteiger partial charge in [-0.25, -0.2) is 4.98 Å². The van der Waals surface area contributed by atoms with Crippen LogP contribution in [0.3, 0.4) is 0 Å². The maximum absolute atomic E-state index is 9.92. The van der Waals surface area contributed by atoms with E-state index in [4.69, 9.17) is 0 Å². The van der Waals surface area contributed by atoms with Crippen molar-refractivity contribution in [3.63, 3.8) is 0 Å². The standard InChI is InChI=1S/C15H12N2OS/c1-10-14(11-6-2-3-8-13(11)18)17-15(19-10)12-7-4-5-9-16-12/h2-9,18H,1H3. The zero-order chi connectivity index (χ0) is 13.2. The van der Waals surface area contributed by atoms with E-state index >= 15 is 0 Å². The van der Waals surface area contributed by atoms with Crippen LogP contribution in [-0.4, -0.2) is 15.1 Å². The van der Waals surface area contributed by atoms with Crippen molar-refractivity contribution in [1.29, 1.82) is 0 Å². The maximum atomic E-state index is 9.92.